The summed E-state index contributed by atoms with van der Waals surface area (Å²) in [6.07, 6.45) is 1.84. The molecule has 5 heteroatoms. The van der Waals surface area contributed by atoms with Crippen molar-refractivity contribution in [2.24, 2.45) is 0 Å². The van der Waals surface area contributed by atoms with Crippen molar-refractivity contribution in [2.45, 2.75) is 40.2 Å². The molecule has 0 spiro atoms. The number of hydrogen-bond acceptors (Lipinski definition) is 5. The summed E-state index contributed by atoms with van der Waals surface area (Å²) in [6, 6.07) is 1.97. The first-order chi connectivity index (χ1) is 8.71. The van der Waals surface area contributed by atoms with Crippen LogP contribution in [0.15, 0.2) is 11.4 Å². The summed E-state index contributed by atoms with van der Waals surface area (Å²) in [6.45, 7) is 6.90. The summed E-state index contributed by atoms with van der Waals surface area (Å²) in [7, 11) is 0. The highest BCUT2D eigenvalue weighted by molar-refractivity contribution is 7.09. The molecule has 0 aromatic carbocycles. The van der Waals surface area contributed by atoms with Crippen LogP contribution in [-0.4, -0.2) is 15.0 Å². The van der Waals surface area contributed by atoms with Crippen LogP contribution in [0.4, 0.5) is 5.82 Å². The van der Waals surface area contributed by atoms with Crippen molar-refractivity contribution in [3.63, 3.8) is 0 Å². The number of anilines is 1. The first kappa shape index (κ1) is 13.0. The van der Waals surface area contributed by atoms with Gasteiger partial charge in [-0.05, 0) is 13.3 Å². The van der Waals surface area contributed by atoms with Crippen molar-refractivity contribution < 1.29 is 0 Å². The Labute approximate surface area is 112 Å². The van der Waals surface area contributed by atoms with Gasteiger partial charge >= 0.3 is 0 Å². The largest absolute Gasteiger partial charge is 0.363 e. The minimum absolute atomic E-state index is 0.726. The maximum Gasteiger partial charge on any atom is 0.130 e. The third kappa shape index (κ3) is 3.26. The maximum absolute atomic E-state index is 4.52. The lowest BCUT2D eigenvalue weighted by Crippen LogP contribution is -2.05. The zero-order valence-corrected chi connectivity index (χ0v) is 11.8. The summed E-state index contributed by atoms with van der Waals surface area (Å²) < 4.78 is 0. The van der Waals surface area contributed by atoms with Crippen molar-refractivity contribution in [3.05, 3.63) is 33.7 Å². The predicted molar refractivity (Wildman–Crippen MR) is 75.0 cm³/mol. The van der Waals surface area contributed by atoms with Crippen molar-refractivity contribution in [1.29, 1.82) is 0 Å². The zero-order chi connectivity index (χ0) is 13.0. The number of hydrogen-bond donors (Lipinski definition) is 1. The van der Waals surface area contributed by atoms with E-state index in [0.29, 0.717) is 0 Å². The minimum Gasteiger partial charge on any atom is -0.363 e. The van der Waals surface area contributed by atoms with Gasteiger partial charge in [0.15, 0.2) is 0 Å². The standard InChI is InChI=1S/C13H18N4S/c1-4-10-8-18-13(16-10)7-14-12-6-9(3)15-11(5-2)17-12/h6,8H,4-5,7H2,1-3H3,(H,14,15,17). The third-order valence-corrected chi connectivity index (χ3v) is 3.50. The smallest absolute Gasteiger partial charge is 0.130 e. The first-order valence-corrected chi connectivity index (χ1v) is 7.11. The molecule has 96 valence electrons. The molecule has 0 aliphatic carbocycles. The summed E-state index contributed by atoms with van der Waals surface area (Å²) in [5, 5.41) is 6.52. The molecule has 0 amide bonds. The molecule has 2 rings (SSSR count). The van der Waals surface area contributed by atoms with E-state index in [2.05, 4.69) is 39.5 Å². The van der Waals surface area contributed by atoms with Gasteiger partial charge in [-0.25, -0.2) is 15.0 Å². The third-order valence-electron chi connectivity index (χ3n) is 2.60. The van der Waals surface area contributed by atoms with Crippen LogP contribution >= 0.6 is 11.3 Å². The van der Waals surface area contributed by atoms with Crippen LogP contribution in [0.1, 0.15) is 36.1 Å². The lowest BCUT2D eigenvalue weighted by atomic mass is 10.3. The average molecular weight is 262 g/mol. The van der Waals surface area contributed by atoms with Crippen molar-refractivity contribution >= 4 is 17.2 Å². The molecule has 0 unspecified atom stereocenters. The Hall–Kier alpha value is -1.49. The van der Waals surface area contributed by atoms with Crippen LogP contribution in [-0.2, 0) is 19.4 Å². The van der Waals surface area contributed by atoms with Crippen molar-refractivity contribution in [3.8, 4) is 0 Å². The molecule has 1 N–H and O–H groups in total. The van der Waals surface area contributed by atoms with Crippen molar-refractivity contribution in [2.75, 3.05) is 5.32 Å². The fourth-order valence-corrected chi connectivity index (χ4v) is 2.45. The van der Waals surface area contributed by atoms with E-state index in [1.807, 2.05) is 13.0 Å². The van der Waals surface area contributed by atoms with Gasteiger partial charge in [-0.3, -0.25) is 0 Å². The molecule has 0 saturated heterocycles. The Morgan fingerprint density at radius 3 is 2.67 bits per heavy atom. The lowest BCUT2D eigenvalue weighted by molar-refractivity contribution is 0.909. The topological polar surface area (TPSA) is 50.7 Å². The summed E-state index contributed by atoms with van der Waals surface area (Å²) in [4.78, 5) is 13.3. The molecule has 2 aromatic rings. The Balaban J connectivity index is 2.03. The van der Waals surface area contributed by atoms with Gasteiger partial charge in [0.05, 0.1) is 12.2 Å². The fourth-order valence-electron chi connectivity index (χ4n) is 1.64. The monoisotopic (exact) mass is 262 g/mol. The average Bonchev–Trinajstić information content (AvgIpc) is 2.83. The zero-order valence-electron chi connectivity index (χ0n) is 11.0. The van der Waals surface area contributed by atoms with Crippen LogP contribution in [0, 0.1) is 6.92 Å². The lowest BCUT2D eigenvalue weighted by Gasteiger charge is -2.06. The van der Waals surface area contributed by atoms with Gasteiger partial charge in [0, 0.05) is 23.6 Å². The quantitative estimate of drug-likeness (QED) is 0.900. The highest BCUT2D eigenvalue weighted by Crippen LogP contribution is 2.13. The number of aromatic nitrogens is 3. The molecule has 2 heterocycles. The van der Waals surface area contributed by atoms with Crippen LogP contribution < -0.4 is 5.32 Å². The molecule has 18 heavy (non-hydrogen) atoms. The fraction of sp³-hybridized carbons (Fsp3) is 0.462. The molecule has 0 saturated carbocycles. The molecule has 0 aliphatic heterocycles. The van der Waals surface area contributed by atoms with Crippen LogP contribution in [0.25, 0.3) is 0 Å². The molecule has 2 aromatic heterocycles. The van der Waals surface area contributed by atoms with E-state index in [4.69, 9.17) is 0 Å². The van der Waals surface area contributed by atoms with Gasteiger partial charge in [-0.2, -0.15) is 0 Å². The Kier molecular flexibility index (Phi) is 4.25. The van der Waals surface area contributed by atoms with E-state index in [1.54, 1.807) is 11.3 Å². The van der Waals surface area contributed by atoms with E-state index in [0.717, 1.165) is 47.4 Å². The Morgan fingerprint density at radius 1 is 1.17 bits per heavy atom. The Bertz CT molecular complexity index is 521. The van der Waals surface area contributed by atoms with E-state index in [1.165, 1.54) is 0 Å². The van der Waals surface area contributed by atoms with Crippen LogP contribution in [0.5, 0.6) is 0 Å². The number of rotatable bonds is 5. The molecule has 0 bridgehead atoms. The number of aryl methyl sites for hydroxylation is 3. The first-order valence-electron chi connectivity index (χ1n) is 6.23. The maximum atomic E-state index is 4.52. The van der Waals surface area contributed by atoms with E-state index < -0.39 is 0 Å². The van der Waals surface area contributed by atoms with Crippen LogP contribution in [0.3, 0.4) is 0 Å². The highest BCUT2D eigenvalue weighted by atomic mass is 32.1. The predicted octanol–water partition coefficient (Wildman–Crippen LogP) is 2.98. The molecule has 4 nitrogen and oxygen atoms in total. The van der Waals surface area contributed by atoms with Crippen LogP contribution in [0.2, 0.25) is 0 Å². The van der Waals surface area contributed by atoms with Gasteiger partial charge in [0.1, 0.15) is 16.6 Å². The number of nitrogens with zero attached hydrogens (tertiary/aromatic N) is 3. The molecular weight excluding hydrogens is 244 g/mol. The van der Waals surface area contributed by atoms with Gasteiger partial charge < -0.3 is 5.32 Å². The van der Waals surface area contributed by atoms with Gasteiger partial charge in [-0.15, -0.1) is 11.3 Å². The van der Waals surface area contributed by atoms with Gasteiger partial charge in [-0.1, -0.05) is 13.8 Å². The van der Waals surface area contributed by atoms with E-state index >= 15 is 0 Å². The minimum atomic E-state index is 0.726. The second-order valence-corrected chi connectivity index (χ2v) is 5.05. The second-order valence-electron chi connectivity index (χ2n) is 4.10. The summed E-state index contributed by atoms with van der Waals surface area (Å²) in [5.41, 5.74) is 2.16. The van der Waals surface area contributed by atoms with E-state index in [-0.39, 0.29) is 0 Å². The summed E-state index contributed by atoms with van der Waals surface area (Å²) >= 11 is 1.69. The molecule has 0 radical (unpaired) electrons. The second kappa shape index (κ2) is 5.91. The number of thiazole rings is 1. The van der Waals surface area contributed by atoms with Gasteiger partial charge in [0.25, 0.3) is 0 Å². The van der Waals surface area contributed by atoms with Crippen molar-refractivity contribution in [1.82, 2.24) is 15.0 Å². The molecule has 0 atom stereocenters. The number of nitrogens with one attached hydrogen (secondary N) is 1. The molecule has 0 fully saturated rings. The molecular formula is C13H18N4S. The highest BCUT2D eigenvalue weighted by Gasteiger charge is 2.03. The molecule has 0 aliphatic rings. The summed E-state index contributed by atoms with van der Waals surface area (Å²) in [5.74, 6) is 1.76. The van der Waals surface area contributed by atoms with Gasteiger partial charge in [0.2, 0.25) is 0 Å². The normalized spacial score (nSPS) is 10.6. The Morgan fingerprint density at radius 2 is 2.00 bits per heavy atom. The SMILES string of the molecule is CCc1csc(CNc2cc(C)nc(CC)n2)n1. The van der Waals surface area contributed by atoms with E-state index in [9.17, 15) is 0 Å².